The SMILES string of the molecule is O=S(=O)(O)C(c1ccccc1)(c1c(O)cccc1O)c1c(Cl)cc(Cl)c(Cl)c1Cl. The van der Waals surface area contributed by atoms with Gasteiger partial charge in [-0.25, -0.2) is 0 Å². The molecule has 5 nitrogen and oxygen atoms in total. The summed E-state index contributed by atoms with van der Waals surface area (Å²) < 4.78 is 33.9. The molecule has 0 spiro atoms. The number of halogens is 4. The van der Waals surface area contributed by atoms with Crippen LogP contribution in [0.25, 0.3) is 0 Å². The lowest BCUT2D eigenvalue weighted by molar-refractivity contribution is 0.416. The summed E-state index contributed by atoms with van der Waals surface area (Å²) in [5.74, 6) is -1.24. The van der Waals surface area contributed by atoms with E-state index in [-0.39, 0.29) is 31.2 Å². The topological polar surface area (TPSA) is 94.8 Å². The Balaban J connectivity index is 2.70. The van der Waals surface area contributed by atoms with E-state index in [2.05, 4.69) is 0 Å². The minimum atomic E-state index is -5.20. The van der Waals surface area contributed by atoms with Crippen LogP contribution in [-0.2, 0) is 14.9 Å². The van der Waals surface area contributed by atoms with Crippen LogP contribution in [0.5, 0.6) is 11.5 Å². The number of aromatic hydroxyl groups is 2. The molecule has 3 aromatic carbocycles. The average molecular weight is 494 g/mol. The molecule has 0 radical (unpaired) electrons. The van der Waals surface area contributed by atoms with Gasteiger partial charge in [-0.3, -0.25) is 4.55 Å². The Morgan fingerprint density at radius 2 is 1.28 bits per heavy atom. The van der Waals surface area contributed by atoms with Crippen molar-refractivity contribution < 1.29 is 23.2 Å². The van der Waals surface area contributed by atoms with E-state index in [1.54, 1.807) is 6.07 Å². The van der Waals surface area contributed by atoms with Gasteiger partial charge < -0.3 is 10.2 Å². The van der Waals surface area contributed by atoms with Gasteiger partial charge in [-0.1, -0.05) is 82.8 Å². The Hall–Kier alpha value is -1.67. The molecule has 0 saturated carbocycles. The highest BCUT2D eigenvalue weighted by atomic mass is 35.5. The van der Waals surface area contributed by atoms with E-state index in [0.717, 1.165) is 18.2 Å². The van der Waals surface area contributed by atoms with Crippen molar-refractivity contribution in [1.29, 1.82) is 0 Å². The van der Waals surface area contributed by atoms with Crippen LogP contribution in [0.4, 0.5) is 0 Å². The van der Waals surface area contributed by atoms with E-state index >= 15 is 0 Å². The molecule has 3 N–H and O–H groups in total. The molecule has 1 atom stereocenters. The lowest BCUT2D eigenvalue weighted by atomic mass is 9.82. The summed E-state index contributed by atoms with van der Waals surface area (Å²) in [6, 6.07) is 12.1. The molecule has 0 bridgehead atoms. The minimum absolute atomic E-state index is 0.0516. The lowest BCUT2D eigenvalue weighted by Crippen LogP contribution is -2.39. The zero-order valence-corrected chi connectivity index (χ0v) is 18.1. The van der Waals surface area contributed by atoms with Crippen molar-refractivity contribution in [3.05, 3.63) is 91.4 Å². The lowest BCUT2D eigenvalue weighted by Gasteiger charge is -2.34. The molecule has 0 aliphatic heterocycles. The first-order valence-electron chi connectivity index (χ1n) is 7.91. The smallest absolute Gasteiger partial charge is 0.283 e. The van der Waals surface area contributed by atoms with Crippen molar-refractivity contribution in [2.45, 2.75) is 4.75 Å². The molecule has 0 aromatic heterocycles. The molecule has 1 unspecified atom stereocenters. The van der Waals surface area contributed by atoms with Crippen molar-refractivity contribution in [1.82, 2.24) is 0 Å². The fourth-order valence-electron chi connectivity index (χ4n) is 3.27. The molecule has 10 heteroatoms. The maximum atomic E-state index is 13.0. The number of phenolic OH excluding ortho intramolecular Hbond substituents is 2. The third kappa shape index (κ3) is 3.44. The third-order valence-electron chi connectivity index (χ3n) is 4.41. The van der Waals surface area contributed by atoms with Crippen molar-refractivity contribution in [2.75, 3.05) is 0 Å². The van der Waals surface area contributed by atoms with Gasteiger partial charge in [-0.05, 0) is 23.8 Å². The third-order valence-corrected chi connectivity index (χ3v) is 7.38. The van der Waals surface area contributed by atoms with Crippen LogP contribution in [0.1, 0.15) is 16.7 Å². The normalized spacial score (nSPS) is 13.8. The maximum Gasteiger partial charge on any atom is 0.283 e. The summed E-state index contributed by atoms with van der Waals surface area (Å²) >= 11 is 24.8. The summed E-state index contributed by atoms with van der Waals surface area (Å²) in [4.78, 5) is 0. The first-order valence-corrected chi connectivity index (χ1v) is 10.9. The Morgan fingerprint density at radius 3 is 1.79 bits per heavy atom. The zero-order chi connectivity index (χ0) is 21.6. The number of benzene rings is 3. The highest BCUT2D eigenvalue weighted by molar-refractivity contribution is 7.87. The second-order valence-electron chi connectivity index (χ2n) is 6.04. The van der Waals surface area contributed by atoms with Crippen molar-refractivity contribution in [2.24, 2.45) is 0 Å². The van der Waals surface area contributed by atoms with Crippen molar-refractivity contribution in [3.63, 3.8) is 0 Å². The molecule has 29 heavy (non-hydrogen) atoms. The molecule has 0 heterocycles. The molecule has 0 saturated heterocycles. The number of rotatable bonds is 4. The molecule has 3 aromatic rings. The van der Waals surface area contributed by atoms with Gasteiger partial charge in [0, 0.05) is 10.6 Å². The van der Waals surface area contributed by atoms with Gasteiger partial charge in [0.15, 0.2) is 4.75 Å². The van der Waals surface area contributed by atoms with Gasteiger partial charge in [0.25, 0.3) is 10.1 Å². The zero-order valence-electron chi connectivity index (χ0n) is 14.3. The fourth-order valence-corrected chi connectivity index (χ4v) is 5.95. The Kier molecular flexibility index (Phi) is 5.98. The van der Waals surface area contributed by atoms with Gasteiger partial charge in [0.2, 0.25) is 0 Å². The van der Waals surface area contributed by atoms with E-state index in [1.165, 1.54) is 30.3 Å². The second kappa shape index (κ2) is 7.87. The molecule has 0 aliphatic carbocycles. The summed E-state index contributed by atoms with van der Waals surface area (Å²) in [5.41, 5.74) is -0.974. The van der Waals surface area contributed by atoms with Crippen LogP contribution in [0.2, 0.25) is 20.1 Å². The average Bonchev–Trinajstić information content (AvgIpc) is 2.64. The quantitative estimate of drug-likeness (QED) is 0.182. The van der Waals surface area contributed by atoms with Crippen molar-refractivity contribution >= 4 is 56.5 Å². The van der Waals surface area contributed by atoms with Crippen molar-refractivity contribution in [3.8, 4) is 11.5 Å². The standard InChI is InChI=1S/C19H12Cl4O5S/c20-11-9-12(21)17(22)18(23)15(11)19(29(26,27)28,10-5-2-1-3-6-10)16-13(24)7-4-8-14(16)25/h1-9,24-25H,(H,26,27,28). The molecular formula is C19H12Cl4O5S. The van der Waals surface area contributed by atoms with Crippen LogP contribution < -0.4 is 0 Å². The van der Waals surface area contributed by atoms with E-state index in [1.807, 2.05) is 0 Å². The predicted molar refractivity (Wildman–Crippen MR) is 114 cm³/mol. The molecular weight excluding hydrogens is 482 g/mol. The van der Waals surface area contributed by atoms with E-state index in [0.29, 0.717) is 0 Å². The largest absolute Gasteiger partial charge is 0.507 e. The van der Waals surface area contributed by atoms with Gasteiger partial charge in [0.1, 0.15) is 11.5 Å². The maximum absolute atomic E-state index is 13.0. The van der Waals surface area contributed by atoms with E-state index in [4.69, 9.17) is 46.4 Å². The van der Waals surface area contributed by atoms with E-state index in [9.17, 15) is 23.2 Å². The highest BCUT2D eigenvalue weighted by Gasteiger charge is 2.54. The first kappa shape index (κ1) is 22.0. The summed E-state index contributed by atoms with van der Waals surface area (Å²) in [5, 5.41) is 20.2. The first-order chi connectivity index (χ1) is 13.5. The fraction of sp³-hybridized carbons (Fsp3) is 0.0526. The van der Waals surface area contributed by atoms with Crippen LogP contribution >= 0.6 is 46.4 Å². The Bertz CT molecular complexity index is 1180. The van der Waals surface area contributed by atoms with Gasteiger partial charge >= 0.3 is 0 Å². The van der Waals surface area contributed by atoms with Crippen LogP contribution in [-0.4, -0.2) is 23.2 Å². The predicted octanol–water partition coefficient (Wildman–Crippen LogP) is 5.89. The highest BCUT2D eigenvalue weighted by Crippen LogP contribution is 2.55. The van der Waals surface area contributed by atoms with Gasteiger partial charge in [-0.2, -0.15) is 8.42 Å². The Labute approximate surface area is 186 Å². The molecule has 0 amide bonds. The van der Waals surface area contributed by atoms with E-state index < -0.39 is 31.9 Å². The number of hydrogen-bond acceptors (Lipinski definition) is 4. The molecule has 152 valence electrons. The summed E-state index contributed by atoms with van der Waals surface area (Å²) in [6.07, 6.45) is 0. The molecule has 0 fully saturated rings. The van der Waals surface area contributed by atoms with Crippen LogP contribution in [0, 0.1) is 0 Å². The molecule has 0 aliphatic rings. The van der Waals surface area contributed by atoms with Gasteiger partial charge in [0.05, 0.1) is 20.6 Å². The van der Waals surface area contributed by atoms with Crippen LogP contribution in [0.15, 0.2) is 54.6 Å². The Morgan fingerprint density at radius 1 is 0.724 bits per heavy atom. The minimum Gasteiger partial charge on any atom is -0.507 e. The number of hydrogen-bond donors (Lipinski definition) is 3. The summed E-state index contributed by atoms with van der Waals surface area (Å²) in [7, 11) is -5.20. The summed E-state index contributed by atoms with van der Waals surface area (Å²) in [6.45, 7) is 0. The number of phenols is 2. The monoisotopic (exact) mass is 492 g/mol. The second-order valence-corrected chi connectivity index (χ2v) is 9.17. The van der Waals surface area contributed by atoms with Crippen LogP contribution in [0.3, 0.4) is 0 Å². The van der Waals surface area contributed by atoms with Gasteiger partial charge in [-0.15, -0.1) is 0 Å². The molecule has 3 rings (SSSR count).